The predicted octanol–water partition coefficient (Wildman–Crippen LogP) is 4.10. The Bertz CT molecular complexity index is 368. The third kappa shape index (κ3) is 2.69. The van der Waals surface area contributed by atoms with Crippen molar-refractivity contribution in [3.63, 3.8) is 0 Å². The van der Waals surface area contributed by atoms with Crippen LogP contribution in [0.1, 0.15) is 16.8 Å². The van der Waals surface area contributed by atoms with Gasteiger partial charge in [-0.3, -0.25) is 4.79 Å². The third-order valence-electron chi connectivity index (χ3n) is 1.61. The summed E-state index contributed by atoms with van der Waals surface area (Å²) in [6, 6.07) is 2.45. The Morgan fingerprint density at radius 3 is 2.64 bits per heavy atom. The molecule has 0 amide bonds. The van der Waals surface area contributed by atoms with Gasteiger partial charge in [0, 0.05) is 22.3 Å². The van der Waals surface area contributed by atoms with Crippen LogP contribution in [0.3, 0.4) is 0 Å². The summed E-state index contributed by atoms with van der Waals surface area (Å²) >= 11 is 14.3. The van der Waals surface area contributed by atoms with Crippen molar-refractivity contribution in [3.8, 4) is 0 Å². The van der Waals surface area contributed by atoms with Crippen LogP contribution < -0.4 is 0 Å². The highest BCUT2D eigenvalue weighted by atomic mass is 79.9. The molecule has 0 spiro atoms. The molecule has 0 saturated heterocycles. The summed E-state index contributed by atoms with van der Waals surface area (Å²) in [5.74, 6) is -0.898. The van der Waals surface area contributed by atoms with E-state index in [0.29, 0.717) is 5.33 Å². The van der Waals surface area contributed by atoms with E-state index < -0.39 is 5.82 Å². The number of hydrogen-bond acceptors (Lipinski definition) is 1. The molecule has 0 saturated carbocycles. The largest absolute Gasteiger partial charge is 0.294 e. The first kappa shape index (κ1) is 12.0. The van der Waals surface area contributed by atoms with E-state index in [1.807, 2.05) is 0 Å². The first-order chi connectivity index (χ1) is 6.56. The maximum absolute atomic E-state index is 13.1. The summed E-state index contributed by atoms with van der Waals surface area (Å²) < 4.78 is 13.1. The van der Waals surface area contributed by atoms with Crippen LogP contribution in [0.2, 0.25) is 10.0 Å². The zero-order chi connectivity index (χ0) is 10.7. The summed E-state index contributed by atoms with van der Waals surface area (Å²) in [6.07, 6.45) is 0.263. The van der Waals surface area contributed by atoms with E-state index >= 15 is 0 Å². The molecule has 0 bridgehead atoms. The minimum atomic E-state index is -0.669. The Labute approximate surface area is 99.3 Å². The van der Waals surface area contributed by atoms with Crippen LogP contribution in [-0.4, -0.2) is 11.1 Å². The summed E-state index contributed by atoms with van der Waals surface area (Å²) in [5.41, 5.74) is 0.135. The van der Waals surface area contributed by atoms with Crippen molar-refractivity contribution in [1.29, 1.82) is 0 Å². The molecule has 0 N–H and O–H groups in total. The monoisotopic (exact) mass is 298 g/mol. The van der Waals surface area contributed by atoms with Gasteiger partial charge in [0.05, 0.1) is 5.02 Å². The summed E-state index contributed by atoms with van der Waals surface area (Å²) in [7, 11) is 0. The second kappa shape index (κ2) is 5.10. The van der Waals surface area contributed by atoms with Gasteiger partial charge in [-0.05, 0) is 12.1 Å². The second-order valence-corrected chi connectivity index (χ2v) is 4.22. The summed E-state index contributed by atoms with van der Waals surface area (Å²) in [4.78, 5) is 11.4. The first-order valence-corrected chi connectivity index (χ1v) is 5.67. The first-order valence-electron chi connectivity index (χ1n) is 3.80. The Morgan fingerprint density at radius 1 is 1.43 bits per heavy atom. The number of carbonyl (C=O) groups excluding carboxylic acids is 1. The van der Waals surface area contributed by atoms with Crippen molar-refractivity contribution in [1.82, 2.24) is 0 Å². The van der Waals surface area contributed by atoms with Crippen molar-refractivity contribution in [2.45, 2.75) is 6.42 Å². The number of benzene rings is 1. The lowest BCUT2D eigenvalue weighted by molar-refractivity contribution is 0.0989. The van der Waals surface area contributed by atoms with Crippen molar-refractivity contribution < 1.29 is 9.18 Å². The highest BCUT2D eigenvalue weighted by Gasteiger charge is 2.14. The van der Waals surface area contributed by atoms with E-state index in [1.54, 1.807) is 0 Å². The fourth-order valence-corrected chi connectivity index (χ4v) is 1.76. The van der Waals surface area contributed by atoms with Gasteiger partial charge >= 0.3 is 0 Å². The number of Topliss-reactive ketones (excluding diaryl/α,β-unsaturated/α-hetero) is 1. The molecule has 0 aliphatic rings. The number of rotatable bonds is 3. The smallest absolute Gasteiger partial charge is 0.165 e. The van der Waals surface area contributed by atoms with Crippen LogP contribution >= 0.6 is 39.1 Å². The molecule has 0 heterocycles. The van der Waals surface area contributed by atoms with Gasteiger partial charge < -0.3 is 0 Å². The number of halogens is 4. The van der Waals surface area contributed by atoms with Gasteiger partial charge in [-0.25, -0.2) is 4.39 Å². The molecule has 1 nitrogen and oxygen atoms in total. The van der Waals surface area contributed by atoms with Gasteiger partial charge in [0.2, 0.25) is 0 Å². The Morgan fingerprint density at radius 2 is 2.07 bits per heavy atom. The fraction of sp³-hybridized carbons (Fsp3) is 0.222. The minimum Gasteiger partial charge on any atom is -0.294 e. The summed E-state index contributed by atoms with van der Waals surface area (Å²) in [5, 5.41) is 0.515. The predicted molar refractivity (Wildman–Crippen MR) is 59.2 cm³/mol. The molecule has 1 aromatic carbocycles. The molecule has 0 aliphatic carbocycles. The average molecular weight is 300 g/mol. The SMILES string of the molecule is O=C(CCBr)c1cc(Cl)cc(F)c1Cl. The molecule has 1 rings (SSSR count). The van der Waals surface area contributed by atoms with Crippen molar-refractivity contribution in [2.75, 3.05) is 5.33 Å². The Hall–Kier alpha value is -0.120. The molecule has 0 radical (unpaired) electrons. The van der Waals surface area contributed by atoms with Gasteiger partial charge in [-0.2, -0.15) is 0 Å². The molecule has 0 fully saturated rings. The maximum Gasteiger partial charge on any atom is 0.165 e. The maximum atomic E-state index is 13.1. The Kier molecular flexibility index (Phi) is 4.35. The number of hydrogen-bond donors (Lipinski definition) is 0. The van der Waals surface area contributed by atoms with Crippen LogP contribution in [0, 0.1) is 5.82 Å². The average Bonchev–Trinajstić information content (AvgIpc) is 2.11. The highest BCUT2D eigenvalue weighted by molar-refractivity contribution is 9.09. The lowest BCUT2D eigenvalue weighted by atomic mass is 10.1. The lowest BCUT2D eigenvalue weighted by Crippen LogP contribution is -2.01. The third-order valence-corrected chi connectivity index (χ3v) is 2.61. The highest BCUT2D eigenvalue weighted by Crippen LogP contribution is 2.25. The standard InChI is InChI=1S/C9H6BrCl2FO/c10-2-1-8(14)6-3-5(11)4-7(13)9(6)12/h3-4H,1-2H2. The van der Waals surface area contributed by atoms with E-state index in [0.717, 1.165) is 6.07 Å². The van der Waals surface area contributed by atoms with Gasteiger partial charge in [0.25, 0.3) is 0 Å². The van der Waals surface area contributed by atoms with E-state index in [2.05, 4.69) is 15.9 Å². The van der Waals surface area contributed by atoms with Crippen LogP contribution in [0.15, 0.2) is 12.1 Å². The van der Waals surface area contributed by atoms with Crippen molar-refractivity contribution >= 4 is 44.9 Å². The Balaban J connectivity index is 3.13. The molecule has 1 aromatic rings. The molecular weight excluding hydrogens is 294 g/mol. The van der Waals surface area contributed by atoms with Gasteiger partial charge in [-0.15, -0.1) is 0 Å². The minimum absolute atomic E-state index is 0.135. The topological polar surface area (TPSA) is 17.1 Å². The number of alkyl halides is 1. The van der Waals surface area contributed by atoms with Gasteiger partial charge in [-0.1, -0.05) is 39.1 Å². The van der Waals surface area contributed by atoms with Gasteiger partial charge in [0.15, 0.2) is 5.78 Å². The van der Waals surface area contributed by atoms with Gasteiger partial charge in [0.1, 0.15) is 5.82 Å². The van der Waals surface area contributed by atoms with Crippen LogP contribution in [0.25, 0.3) is 0 Å². The zero-order valence-corrected chi connectivity index (χ0v) is 10.1. The van der Waals surface area contributed by atoms with Crippen LogP contribution in [0.5, 0.6) is 0 Å². The summed E-state index contributed by atoms with van der Waals surface area (Å²) in [6.45, 7) is 0. The fourth-order valence-electron chi connectivity index (χ4n) is 0.979. The van der Waals surface area contributed by atoms with Crippen LogP contribution in [0.4, 0.5) is 4.39 Å². The van der Waals surface area contributed by atoms with Crippen LogP contribution in [-0.2, 0) is 0 Å². The lowest BCUT2D eigenvalue weighted by Gasteiger charge is -2.03. The molecule has 0 aliphatic heterocycles. The van der Waals surface area contributed by atoms with Crippen molar-refractivity contribution in [3.05, 3.63) is 33.6 Å². The molecule has 0 atom stereocenters. The van der Waals surface area contributed by atoms with E-state index in [1.165, 1.54) is 6.07 Å². The molecule has 5 heteroatoms. The molecule has 0 aromatic heterocycles. The zero-order valence-electron chi connectivity index (χ0n) is 6.99. The molecule has 0 unspecified atom stereocenters. The van der Waals surface area contributed by atoms with E-state index in [9.17, 15) is 9.18 Å². The molecular formula is C9H6BrCl2FO. The van der Waals surface area contributed by atoms with Crippen molar-refractivity contribution in [2.24, 2.45) is 0 Å². The normalized spacial score (nSPS) is 10.3. The quantitative estimate of drug-likeness (QED) is 0.466. The number of carbonyl (C=O) groups is 1. The number of ketones is 1. The van der Waals surface area contributed by atoms with E-state index in [4.69, 9.17) is 23.2 Å². The molecule has 76 valence electrons. The molecule has 14 heavy (non-hydrogen) atoms. The second-order valence-electron chi connectivity index (χ2n) is 2.61. The van der Waals surface area contributed by atoms with E-state index in [-0.39, 0.29) is 27.8 Å².